The second kappa shape index (κ2) is 6.30. The molecule has 0 radical (unpaired) electrons. The number of benzene rings is 2. The number of fused-ring (bicyclic) bond motifs is 1. The van der Waals surface area contributed by atoms with Crippen LogP contribution >= 0.6 is 0 Å². The molecule has 0 aliphatic carbocycles. The molecule has 126 valence electrons. The van der Waals surface area contributed by atoms with Crippen molar-refractivity contribution in [3.63, 3.8) is 0 Å². The van der Waals surface area contributed by atoms with Crippen molar-refractivity contribution in [3.8, 4) is 11.8 Å². The number of carbonyl (C=O) groups is 1. The molecule has 2 fully saturated rings. The predicted molar refractivity (Wildman–Crippen MR) is 86.1 cm³/mol. The molecule has 4 rings (SSSR count). The van der Waals surface area contributed by atoms with Gasteiger partial charge in [-0.25, -0.2) is 0 Å². The van der Waals surface area contributed by atoms with Crippen molar-refractivity contribution < 1.29 is 24.1 Å². The average molecular weight is 337 g/mol. The SMILES string of the molecule is N#Cc1ccc(C(=O)c2ccc(O[C@@H]3O[C@H](CO)[C@@H]4O[C@H]34)cc2)cc1. The van der Waals surface area contributed by atoms with E-state index in [2.05, 4.69) is 0 Å². The molecule has 1 N–H and O–H groups in total. The second-order valence-electron chi connectivity index (χ2n) is 5.95. The Balaban J connectivity index is 1.43. The van der Waals surface area contributed by atoms with Crippen LogP contribution in [0, 0.1) is 11.3 Å². The molecule has 2 aliphatic heterocycles. The van der Waals surface area contributed by atoms with E-state index in [4.69, 9.17) is 24.6 Å². The zero-order valence-corrected chi connectivity index (χ0v) is 13.2. The smallest absolute Gasteiger partial charge is 0.229 e. The topological polar surface area (TPSA) is 92.1 Å². The van der Waals surface area contributed by atoms with Crippen LogP contribution in [0.4, 0.5) is 0 Å². The summed E-state index contributed by atoms with van der Waals surface area (Å²) in [5.74, 6) is 0.438. The van der Waals surface area contributed by atoms with Crippen molar-refractivity contribution >= 4 is 5.78 Å². The van der Waals surface area contributed by atoms with Crippen molar-refractivity contribution in [2.75, 3.05) is 6.61 Å². The summed E-state index contributed by atoms with van der Waals surface area (Å²) in [6, 6.07) is 15.3. The molecule has 4 atom stereocenters. The van der Waals surface area contributed by atoms with Crippen LogP contribution in [0.2, 0.25) is 0 Å². The molecule has 6 heteroatoms. The van der Waals surface area contributed by atoms with Gasteiger partial charge in [0.1, 0.15) is 24.1 Å². The molecular formula is C19H15NO5. The van der Waals surface area contributed by atoms with Gasteiger partial charge in [0.25, 0.3) is 0 Å². The molecule has 6 nitrogen and oxygen atoms in total. The first-order valence-electron chi connectivity index (χ1n) is 7.93. The third kappa shape index (κ3) is 3.01. The van der Waals surface area contributed by atoms with Gasteiger partial charge in [-0.3, -0.25) is 4.79 Å². The van der Waals surface area contributed by atoms with Gasteiger partial charge in [-0.05, 0) is 48.5 Å². The maximum atomic E-state index is 12.4. The second-order valence-corrected chi connectivity index (χ2v) is 5.95. The average Bonchev–Trinajstić information content (AvgIpc) is 3.39. The van der Waals surface area contributed by atoms with Crippen molar-refractivity contribution in [2.24, 2.45) is 0 Å². The van der Waals surface area contributed by atoms with E-state index < -0.39 is 6.29 Å². The van der Waals surface area contributed by atoms with Crippen LogP contribution in [0.25, 0.3) is 0 Å². The van der Waals surface area contributed by atoms with E-state index in [1.807, 2.05) is 6.07 Å². The summed E-state index contributed by atoms with van der Waals surface area (Å²) in [5, 5.41) is 18.0. The van der Waals surface area contributed by atoms with Gasteiger partial charge in [-0.2, -0.15) is 5.26 Å². The molecular weight excluding hydrogens is 322 g/mol. The lowest BCUT2D eigenvalue weighted by molar-refractivity contribution is -0.135. The summed E-state index contributed by atoms with van der Waals surface area (Å²) in [7, 11) is 0. The zero-order valence-electron chi connectivity index (χ0n) is 13.2. The van der Waals surface area contributed by atoms with E-state index in [1.54, 1.807) is 48.5 Å². The van der Waals surface area contributed by atoms with Crippen molar-refractivity contribution in [1.82, 2.24) is 0 Å². The van der Waals surface area contributed by atoms with Crippen LogP contribution in [-0.4, -0.2) is 42.1 Å². The molecule has 2 aliphatic rings. The summed E-state index contributed by atoms with van der Waals surface area (Å²) >= 11 is 0. The highest BCUT2D eigenvalue weighted by atomic mass is 16.8. The van der Waals surface area contributed by atoms with Crippen molar-refractivity contribution in [1.29, 1.82) is 5.26 Å². The number of aliphatic hydroxyl groups is 1. The van der Waals surface area contributed by atoms with E-state index in [9.17, 15) is 4.79 Å². The fraction of sp³-hybridized carbons (Fsp3) is 0.263. The highest BCUT2D eigenvalue weighted by Crippen LogP contribution is 2.39. The summed E-state index contributed by atoms with van der Waals surface area (Å²) in [4.78, 5) is 12.4. The highest BCUT2D eigenvalue weighted by Gasteiger charge is 2.59. The fourth-order valence-corrected chi connectivity index (χ4v) is 2.91. The molecule has 2 heterocycles. The number of aliphatic hydroxyl groups excluding tert-OH is 1. The van der Waals surface area contributed by atoms with E-state index in [-0.39, 0.29) is 30.7 Å². The maximum absolute atomic E-state index is 12.4. The van der Waals surface area contributed by atoms with Crippen LogP contribution in [0.5, 0.6) is 5.75 Å². The number of nitriles is 1. The van der Waals surface area contributed by atoms with Crippen molar-refractivity contribution in [3.05, 3.63) is 65.2 Å². The molecule has 2 saturated heterocycles. The minimum atomic E-state index is -0.540. The van der Waals surface area contributed by atoms with Gasteiger partial charge < -0.3 is 19.3 Å². The molecule has 0 unspecified atom stereocenters. The monoisotopic (exact) mass is 337 g/mol. The van der Waals surface area contributed by atoms with E-state index in [1.165, 1.54) is 0 Å². The predicted octanol–water partition coefficient (Wildman–Crippen LogP) is 1.65. The first-order chi connectivity index (χ1) is 12.2. The summed E-state index contributed by atoms with van der Waals surface area (Å²) in [5.41, 5.74) is 1.56. The number of hydrogen-bond donors (Lipinski definition) is 1. The zero-order chi connectivity index (χ0) is 17.4. The number of hydrogen-bond acceptors (Lipinski definition) is 6. The molecule has 0 spiro atoms. The molecule has 0 aromatic heterocycles. The Morgan fingerprint density at radius 1 is 1.04 bits per heavy atom. The Kier molecular flexibility index (Phi) is 3.98. The maximum Gasteiger partial charge on any atom is 0.229 e. The lowest BCUT2D eigenvalue weighted by Gasteiger charge is -2.17. The van der Waals surface area contributed by atoms with Gasteiger partial charge in [-0.15, -0.1) is 0 Å². The van der Waals surface area contributed by atoms with Gasteiger partial charge in [0.15, 0.2) is 5.78 Å². The Bertz CT molecular complexity index is 824. The van der Waals surface area contributed by atoms with Gasteiger partial charge in [-0.1, -0.05) is 0 Å². The summed E-state index contributed by atoms with van der Waals surface area (Å²) in [6.45, 7) is -0.0982. The number of carbonyl (C=O) groups excluding carboxylic acids is 1. The Labute approximate surface area is 144 Å². The highest BCUT2D eigenvalue weighted by molar-refractivity contribution is 6.09. The normalized spacial score (nSPS) is 26.6. The van der Waals surface area contributed by atoms with Crippen LogP contribution in [0.3, 0.4) is 0 Å². The molecule has 0 amide bonds. The minimum Gasteiger partial charge on any atom is -0.462 e. The molecule has 0 bridgehead atoms. The Hall–Kier alpha value is -2.72. The Morgan fingerprint density at radius 3 is 2.24 bits per heavy atom. The third-order valence-corrected chi connectivity index (χ3v) is 4.33. The Morgan fingerprint density at radius 2 is 1.68 bits per heavy atom. The largest absolute Gasteiger partial charge is 0.462 e. The van der Waals surface area contributed by atoms with E-state index >= 15 is 0 Å². The molecule has 2 aromatic rings. The van der Waals surface area contributed by atoms with E-state index in [0.717, 1.165) is 0 Å². The van der Waals surface area contributed by atoms with Crippen LogP contribution in [0.1, 0.15) is 21.5 Å². The third-order valence-electron chi connectivity index (χ3n) is 4.33. The minimum absolute atomic E-state index is 0.0905. The standard InChI is InChI=1S/C19H15NO5/c20-9-11-1-3-12(4-2-11)16(22)13-5-7-14(8-6-13)23-19-18-17(25-18)15(10-21)24-19/h1-8,15,17-19,21H,10H2/t15-,17+,18+,19-/m1/s1. The van der Waals surface area contributed by atoms with Gasteiger partial charge in [0.05, 0.1) is 18.2 Å². The lowest BCUT2D eigenvalue weighted by Crippen LogP contribution is -2.27. The first-order valence-corrected chi connectivity index (χ1v) is 7.93. The number of rotatable bonds is 5. The first kappa shape index (κ1) is 15.8. The van der Waals surface area contributed by atoms with E-state index in [0.29, 0.717) is 22.4 Å². The number of ether oxygens (including phenoxy) is 3. The molecule has 0 saturated carbocycles. The fourth-order valence-electron chi connectivity index (χ4n) is 2.91. The molecule has 25 heavy (non-hydrogen) atoms. The number of epoxide rings is 1. The van der Waals surface area contributed by atoms with Crippen LogP contribution < -0.4 is 4.74 Å². The van der Waals surface area contributed by atoms with Crippen LogP contribution in [0.15, 0.2) is 48.5 Å². The van der Waals surface area contributed by atoms with Gasteiger partial charge in [0, 0.05) is 11.1 Å². The quantitative estimate of drug-likeness (QED) is 0.659. The number of ketones is 1. The summed E-state index contributed by atoms with van der Waals surface area (Å²) in [6.07, 6.45) is -1.11. The van der Waals surface area contributed by atoms with Gasteiger partial charge >= 0.3 is 0 Å². The lowest BCUT2D eigenvalue weighted by atomic mass is 10.0. The number of nitrogens with zero attached hydrogens (tertiary/aromatic N) is 1. The van der Waals surface area contributed by atoms with Crippen molar-refractivity contribution in [2.45, 2.75) is 24.6 Å². The molecule has 2 aromatic carbocycles. The van der Waals surface area contributed by atoms with Crippen LogP contribution in [-0.2, 0) is 9.47 Å². The van der Waals surface area contributed by atoms with Gasteiger partial charge in [0.2, 0.25) is 6.29 Å². The summed E-state index contributed by atoms with van der Waals surface area (Å²) < 4.78 is 16.7.